The summed E-state index contributed by atoms with van der Waals surface area (Å²) in [5, 5.41) is 0. The Morgan fingerprint density at radius 3 is 2.09 bits per heavy atom. The molecule has 1 aromatic rings. The lowest BCUT2D eigenvalue weighted by atomic mass is 9.88. The molecule has 1 aliphatic heterocycles. The monoisotopic (exact) mass is 339 g/mol. The van der Waals surface area contributed by atoms with Gasteiger partial charge in [0.2, 0.25) is 10.0 Å². The van der Waals surface area contributed by atoms with Crippen molar-refractivity contribution in [2.24, 2.45) is 5.41 Å². The molecule has 1 fully saturated rings. The first-order valence-corrected chi connectivity index (χ1v) is 13.3. The number of sulfonamides is 1. The third-order valence-electron chi connectivity index (χ3n) is 4.22. The molecule has 0 N–H and O–H groups in total. The highest BCUT2D eigenvalue weighted by molar-refractivity contribution is 7.89. The minimum atomic E-state index is -3.18. The van der Waals surface area contributed by atoms with E-state index in [0.29, 0.717) is 5.75 Å². The summed E-state index contributed by atoms with van der Waals surface area (Å²) >= 11 is 0. The van der Waals surface area contributed by atoms with Crippen molar-refractivity contribution in [3.8, 4) is 0 Å². The highest BCUT2D eigenvalue weighted by Crippen LogP contribution is 2.54. The second kappa shape index (κ2) is 5.76. The fourth-order valence-electron chi connectivity index (χ4n) is 2.93. The molecule has 0 aromatic heterocycles. The van der Waals surface area contributed by atoms with Crippen LogP contribution in [0.5, 0.6) is 0 Å². The summed E-state index contributed by atoms with van der Waals surface area (Å²) in [7, 11) is -4.54. The molecule has 0 spiro atoms. The minimum absolute atomic E-state index is 0.00725. The Morgan fingerprint density at radius 1 is 1.09 bits per heavy atom. The van der Waals surface area contributed by atoms with E-state index in [2.05, 4.69) is 40.4 Å². The summed E-state index contributed by atoms with van der Waals surface area (Å²) in [5.41, 5.74) is 1.06. The van der Waals surface area contributed by atoms with E-state index in [0.717, 1.165) is 11.6 Å². The van der Waals surface area contributed by atoms with Gasteiger partial charge in [-0.2, -0.15) is 4.31 Å². The largest absolute Gasteiger partial charge is 0.214 e. The van der Waals surface area contributed by atoms with Gasteiger partial charge in [0.25, 0.3) is 0 Å². The van der Waals surface area contributed by atoms with Gasteiger partial charge in [-0.15, -0.1) is 0 Å². The van der Waals surface area contributed by atoms with Crippen LogP contribution in [0.3, 0.4) is 0 Å². The molecular formula is C17H29NO2SSi. The van der Waals surface area contributed by atoms with Crippen molar-refractivity contribution < 1.29 is 8.42 Å². The Bertz CT molecular complexity index is 614. The highest BCUT2D eigenvalue weighted by Gasteiger charge is 2.60. The summed E-state index contributed by atoms with van der Waals surface area (Å²) in [5.74, 6) is 0.290. The van der Waals surface area contributed by atoms with E-state index in [1.165, 1.54) is 0 Å². The first-order valence-electron chi connectivity index (χ1n) is 8.00. The number of nitrogens with zero attached hydrogens (tertiary/aromatic N) is 1. The van der Waals surface area contributed by atoms with Gasteiger partial charge in [0.1, 0.15) is 0 Å². The van der Waals surface area contributed by atoms with Crippen LogP contribution < -0.4 is 0 Å². The van der Waals surface area contributed by atoms with E-state index in [1.807, 2.05) is 30.3 Å². The van der Waals surface area contributed by atoms with E-state index in [1.54, 1.807) is 4.31 Å². The molecule has 0 saturated carbocycles. The maximum absolute atomic E-state index is 12.8. The number of hydrogen-bond acceptors (Lipinski definition) is 2. The zero-order valence-electron chi connectivity index (χ0n) is 14.6. The Hall–Kier alpha value is -0.653. The Kier molecular flexibility index (Phi) is 4.64. The average Bonchev–Trinajstić information content (AvgIpc) is 3.13. The molecule has 0 aliphatic carbocycles. The first kappa shape index (κ1) is 17.7. The standard InChI is InChI=1S/C17H29NO2SSi/c1-17(2,3)16-15(14-10-8-7-9-11-14)18(16)21(19,20)12-13-22(4,5)6/h7-11,15-16H,12-13H2,1-6H3. The molecule has 0 bridgehead atoms. The Labute approximate surface area is 136 Å². The van der Waals surface area contributed by atoms with E-state index in [-0.39, 0.29) is 17.5 Å². The quantitative estimate of drug-likeness (QED) is 0.597. The SMILES string of the molecule is CC(C)(C)C1C(c2ccccc2)N1S(=O)(=O)CC[Si](C)(C)C. The lowest BCUT2D eigenvalue weighted by molar-refractivity contribution is 0.369. The molecule has 3 nitrogen and oxygen atoms in total. The van der Waals surface area contributed by atoms with Gasteiger partial charge in [-0.3, -0.25) is 0 Å². The van der Waals surface area contributed by atoms with Crippen molar-refractivity contribution >= 4 is 18.1 Å². The van der Waals surface area contributed by atoms with Gasteiger partial charge in [0.05, 0.1) is 17.8 Å². The summed E-state index contributed by atoms with van der Waals surface area (Å²) in [6, 6.07) is 10.9. The van der Waals surface area contributed by atoms with Crippen LogP contribution in [-0.2, 0) is 10.0 Å². The fourth-order valence-corrected chi connectivity index (χ4v) is 7.93. The van der Waals surface area contributed by atoms with Crippen LogP contribution >= 0.6 is 0 Å². The van der Waals surface area contributed by atoms with Gasteiger partial charge in [-0.05, 0) is 17.0 Å². The molecular weight excluding hydrogens is 310 g/mol. The normalized spacial score (nSPS) is 26.0. The van der Waals surface area contributed by atoms with Gasteiger partial charge in [-0.1, -0.05) is 70.7 Å². The molecule has 1 aliphatic rings. The molecule has 0 amide bonds. The van der Waals surface area contributed by atoms with Crippen LogP contribution in [0, 0.1) is 5.41 Å². The molecule has 124 valence electrons. The number of benzene rings is 1. The van der Waals surface area contributed by atoms with Gasteiger partial charge >= 0.3 is 0 Å². The molecule has 22 heavy (non-hydrogen) atoms. The summed E-state index contributed by atoms with van der Waals surface area (Å²) < 4.78 is 27.4. The molecule has 0 radical (unpaired) electrons. The maximum atomic E-state index is 12.8. The summed E-state index contributed by atoms with van der Waals surface area (Å²) in [6.45, 7) is 13.0. The molecule has 1 saturated heterocycles. The molecule has 3 atom stereocenters. The third kappa shape index (κ3) is 4.00. The van der Waals surface area contributed by atoms with Crippen molar-refractivity contribution in [2.45, 2.75) is 58.5 Å². The predicted molar refractivity (Wildman–Crippen MR) is 96.2 cm³/mol. The van der Waals surface area contributed by atoms with Crippen molar-refractivity contribution in [1.82, 2.24) is 4.31 Å². The highest BCUT2D eigenvalue weighted by atomic mass is 32.2. The molecule has 1 aromatic carbocycles. The second-order valence-electron chi connectivity index (χ2n) is 8.62. The zero-order valence-corrected chi connectivity index (χ0v) is 16.4. The van der Waals surface area contributed by atoms with Crippen LogP contribution in [0.15, 0.2) is 30.3 Å². The zero-order chi connectivity index (χ0) is 16.8. The molecule has 3 unspecified atom stereocenters. The third-order valence-corrected chi connectivity index (χ3v) is 8.15. The summed E-state index contributed by atoms with van der Waals surface area (Å²) in [6.07, 6.45) is 0. The van der Waals surface area contributed by atoms with Gasteiger partial charge < -0.3 is 0 Å². The second-order valence-corrected chi connectivity index (χ2v) is 16.2. The van der Waals surface area contributed by atoms with Crippen LogP contribution in [0.25, 0.3) is 0 Å². The van der Waals surface area contributed by atoms with Crippen molar-refractivity contribution in [1.29, 1.82) is 0 Å². The van der Waals surface area contributed by atoms with E-state index < -0.39 is 18.1 Å². The molecule has 5 heteroatoms. The van der Waals surface area contributed by atoms with Crippen LogP contribution in [0.2, 0.25) is 25.7 Å². The number of rotatable bonds is 5. The first-order chi connectivity index (χ1) is 9.93. The van der Waals surface area contributed by atoms with Crippen LogP contribution in [0.1, 0.15) is 32.4 Å². The van der Waals surface area contributed by atoms with Crippen LogP contribution in [0.4, 0.5) is 0 Å². The fraction of sp³-hybridized carbons (Fsp3) is 0.647. The van der Waals surface area contributed by atoms with E-state index in [9.17, 15) is 8.42 Å². The lowest BCUT2D eigenvalue weighted by Gasteiger charge is -2.19. The Morgan fingerprint density at radius 2 is 1.64 bits per heavy atom. The van der Waals surface area contributed by atoms with Gasteiger partial charge in [0.15, 0.2) is 0 Å². The van der Waals surface area contributed by atoms with Crippen molar-refractivity contribution in [3.05, 3.63) is 35.9 Å². The Balaban J connectivity index is 2.25. The predicted octanol–water partition coefficient (Wildman–Crippen LogP) is 4.13. The topological polar surface area (TPSA) is 37.1 Å². The van der Waals surface area contributed by atoms with Gasteiger partial charge in [0, 0.05) is 8.07 Å². The summed E-state index contributed by atoms with van der Waals surface area (Å²) in [4.78, 5) is 0. The average molecular weight is 340 g/mol. The minimum Gasteiger partial charge on any atom is -0.212 e. The molecule has 2 rings (SSSR count). The van der Waals surface area contributed by atoms with Crippen molar-refractivity contribution in [3.63, 3.8) is 0 Å². The number of hydrogen-bond donors (Lipinski definition) is 0. The maximum Gasteiger partial charge on any atom is 0.214 e. The molecule has 1 heterocycles. The van der Waals surface area contributed by atoms with Crippen LogP contribution in [-0.4, -0.2) is 32.6 Å². The van der Waals surface area contributed by atoms with E-state index in [4.69, 9.17) is 0 Å². The lowest BCUT2D eigenvalue weighted by Crippen LogP contribution is -2.29. The van der Waals surface area contributed by atoms with E-state index >= 15 is 0 Å². The van der Waals surface area contributed by atoms with Crippen molar-refractivity contribution in [2.75, 3.05) is 5.75 Å². The van der Waals surface area contributed by atoms with Gasteiger partial charge in [-0.25, -0.2) is 8.42 Å². The smallest absolute Gasteiger partial charge is 0.212 e.